The number of alkyl halides is 3. The molecule has 0 radical (unpaired) electrons. The van der Waals surface area contributed by atoms with E-state index in [4.69, 9.17) is 11.6 Å². The molecule has 4 aromatic heterocycles. The molecule has 0 unspecified atom stereocenters. The molecule has 1 N–H and O–H groups in total. The second kappa shape index (κ2) is 6.71. The Labute approximate surface area is 159 Å². The first-order valence-electron chi connectivity index (χ1n) is 7.79. The van der Waals surface area contributed by atoms with Crippen LogP contribution in [0.2, 0.25) is 5.15 Å². The number of nitrogens with one attached hydrogen (secondary N) is 1. The van der Waals surface area contributed by atoms with Crippen LogP contribution in [0.5, 0.6) is 0 Å². The summed E-state index contributed by atoms with van der Waals surface area (Å²) >= 11 is 5.80. The van der Waals surface area contributed by atoms with Gasteiger partial charge in [-0.05, 0) is 24.3 Å². The Kier molecular flexibility index (Phi) is 4.34. The summed E-state index contributed by atoms with van der Waals surface area (Å²) in [5, 5.41) is 7.01. The van der Waals surface area contributed by atoms with Gasteiger partial charge in [0, 0.05) is 12.3 Å². The Hall–Kier alpha value is -3.27. The van der Waals surface area contributed by atoms with Gasteiger partial charge < -0.3 is 5.32 Å². The zero-order valence-corrected chi connectivity index (χ0v) is 14.5. The largest absolute Gasteiger partial charge is 0.433 e. The van der Waals surface area contributed by atoms with Crippen molar-refractivity contribution in [3.63, 3.8) is 0 Å². The highest BCUT2D eigenvalue weighted by atomic mass is 35.5. The second-order valence-corrected chi connectivity index (χ2v) is 6.03. The molecule has 6 nitrogen and oxygen atoms in total. The molecule has 4 rings (SSSR count). The summed E-state index contributed by atoms with van der Waals surface area (Å²) in [7, 11) is 0. The standard InChI is InChI=1S/C17H9ClF4N6/c18-14-7-11(9(19)8-23-14)25-16-12-4-2-6-28(12)27-15(26-16)10-3-1-5-13(24-10)17(20,21)22/h1-8H,(H,23,25,26,27). The predicted octanol–water partition coefficient (Wildman–Crippen LogP) is 4.74. The Morgan fingerprint density at radius 3 is 2.68 bits per heavy atom. The van der Waals surface area contributed by atoms with Crippen LogP contribution < -0.4 is 5.32 Å². The Morgan fingerprint density at radius 1 is 1.07 bits per heavy atom. The number of hydrogen-bond donors (Lipinski definition) is 1. The van der Waals surface area contributed by atoms with Gasteiger partial charge in [0.15, 0.2) is 11.6 Å². The van der Waals surface area contributed by atoms with Crippen molar-refractivity contribution < 1.29 is 17.6 Å². The fourth-order valence-corrected chi connectivity index (χ4v) is 2.65. The fraction of sp³-hybridized carbons (Fsp3) is 0.0588. The summed E-state index contributed by atoms with van der Waals surface area (Å²) in [5.74, 6) is -0.584. The summed E-state index contributed by atoms with van der Waals surface area (Å²) in [6.07, 6.45) is -2.09. The van der Waals surface area contributed by atoms with E-state index < -0.39 is 17.7 Å². The molecule has 0 aliphatic carbocycles. The Morgan fingerprint density at radius 2 is 1.89 bits per heavy atom. The molecule has 0 atom stereocenters. The minimum atomic E-state index is -4.61. The average molecular weight is 409 g/mol. The SMILES string of the molecule is Fc1cnc(Cl)cc1Nc1nc(-c2cccc(C(F)(F)F)n2)nn2cccc12. The van der Waals surface area contributed by atoms with Gasteiger partial charge in [-0.25, -0.2) is 23.9 Å². The third kappa shape index (κ3) is 3.46. The average Bonchev–Trinajstić information content (AvgIpc) is 3.13. The fourth-order valence-electron chi connectivity index (χ4n) is 2.49. The lowest BCUT2D eigenvalue weighted by molar-refractivity contribution is -0.141. The van der Waals surface area contributed by atoms with E-state index in [1.165, 1.54) is 22.7 Å². The molecule has 0 saturated heterocycles. The summed E-state index contributed by atoms with van der Waals surface area (Å²) in [6.45, 7) is 0. The topological polar surface area (TPSA) is 68.0 Å². The van der Waals surface area contributed by atoms with Gasteiger partial charge in [-0.15, -0.1) is 5.10 Å². The Balaban J connectivity index is 1.83. The van der Waals surface area contributed by atoms with Crippen LogP contribution in [0.1, 0.15) is 5.69 Å². The first-order valence-corrected chi connectivity index (χ1v) is 8.17. The van der Waals surface area contributed by atoms with E-state index in [1.54, 1.807) is 18.3 Å². The molecule has 0 amide bonds. The number of rotatable bonds is 3. The zero-order chi connectivity index (χ0) is 19.9. The molecule has 0 aliphatic rings. The maximum Gasteiger partial charge on any atom is 0.433 e. The van der Waals surface area contributed by atoms with Gasteiger partial charge in [-0.1, -0.05) is 17.7 Å². The smallest absolute Gasteiger partial charge is 0.336 e. The Bertz CT molecular complexity index is 1170. The number of hydrogen-bond acceptors (Lipinski definition) is 5. The van der Waals surface area contributed by atoms with Crippen LogP contribution in [0.3, 0.4) is 0 Å². The molecule has 0 saturated carbocycles. The van der Waals surface area contributed by atoms with Crippen molar-refractivity contribution in [2.24, 2.45) is 0 Å². The lowest BCUT2D eigenvalue weighted by Gasteiger charge is -2.11. The van der Waals surface area contributed by atoms with Crippen LogP contribution in [-0.2, 0) is 6.18 Å². The van der Waals surface area contributed by atoms with Gasteiger partial charge in [0.2, 0.25) is 5.82 Å². The van der Waals surface area contributed by atoms with Gasteiger partial charge in [-0.2, -0.15) is 13.2 Å². The molecule has 0 bridgehead atoms. The minimum Gasteiger partial charge on any atom is -0.336 e. The molecule has 0 aromatic carbocycles. The van der Waals surface area contributed by atoms with Crippen LogP contribution in [0.4, 0.5) is 29.1 Å². The number of aromatic nitrogens is 5. The predicted molar refractivity (Wildman–Crippen MR) is 93.7 cm³/mol. The van der Waals surface area contributed by atoms with Gasteiger partial charge >= 0.3 is 6.18 Å². The van der Waals surface area contributed by atoms with Crippen molar-refractivity contribution in [1.82, 2.24) is 24.6 Å². The van der Waals surface area contributed by atoms with E-state index >= 15 is 0 Å². The van der Waals surface area contributed by atoms with Crippen molar-refractivity contribution in [3.8, 4) is 11.5 Å². The molecule has 0 spiro atoms. The monoisotopic (exact) mass is 408 g/mol. The maximum absolute atomic E-state index is 14.0. The van der Waals surface area contributed by atoms with Gasteiger partial charge in [0.05, 0.1) is 11.9 Å². The summed E-state index contributed by atoms with van der Waals surface area (Å²) in [4.78, 5) is 11.4. The zero-order valence-electron chi connectivity index (χ0n) is 13.7. The van der Waals surface area contributed by atoms with E-state index in [2.05, 4.69) is 25.4 Å². The summed E-state index contributed by atoms with van der Waals surface area (Å²) < 4.78 is 54.3. The number of anilines is 2. The van der Waals surface area contributed by atoms with Gasteiger partial charge in [0.25, 0.3) is 0 Å². The third-order valence-corrected chi connectivity index (χ3v) is 3.94. The minimum absolute atomic E-state index is 0.00440. The third-order valence-electron chi connectivity index (χ3n) is 3.73. The highest BCUT2D eigenvalue weighted by molar-refractivity contribution is 6.29. The van der Waals surface area contributed by atoms with Gasteiger partial charge in [0.1, 0.15) is 22.1 Å². The normalized spacial score (nSPS) is 11.8. The van der Waals surface area contributed by atoms with Crippen LogP contribution >= 0.6 is 11.6 Å². The molecule has 4 aromatic rings. The van der Waals surface area contributed by atoms with E-state index in [0.29, 0.717) is 5.52 Å². The molecular formula is C17H9ClF4N6. The van der Waals surface area contributed by atoms with E-state index in [-0.39, 0.29) is 28.2 Å². The molecule has 11 heteroatoms. The van der Waals surface area contributed by atoms with Crippen molar-refractivity contribution in [1.29, 1.82) is 0 Å². The van der Waals surface area contributed by atoms with Crippen molar-refractivity contribution in [3.05, 3.63) is 65.5 Å². The maximum atomic E-state index is 14.0. The van der Waals surface area contributed by atoms with Crippen LogP contribution in [-0.4, -0.2) is 24.6 Å². The molecule has 28 heavy (non-hydrogen) atoms. The molecule has 0 aliphatic heterocycles. The molecule has 4 heterocycles. The van der Waals surface area contributed by atoms with Crippen LogP contribution in [0.25, 0.3) is 17.0 Å². The number of fused-ring (bicyclic) bond motifs is 1. The number of nitrogens with zero attached hydrogens (tertiary/aromatic N) is 5. The number of halogens is 5. The van der Waals surface area contributed by atoms with Crippen molar-refractivity contribution in [2.75, 3.05) is 5.32 Å². The van der Waals surface area contributed by atoms with E-state index in [9.17, 15) is 17.6 Å². The quantitative estimate of drug-likeness (QED) is 0.391. The van der Waals surface area contributed by atoms with E-state index in [1.807, 2.05) is 0 Å². The first-order chi connectivity index (χ1) is 13.3. The second-order valence-electron chi connectivity index (χ2n) is 5.64. The van der Waals surface area contributed by atoms with E-state index in [0.717, 1.165) is 12.3 Å². The summed E-state index contributed by atoms with van der Waals surface area (Å²) in [6, 6.07) is 8.00. The first kappa shape index (κ1) is 18.1. The molecule has 142 valence electrons. The van der Waals surface area contributed by atoms with Crippen molar-refractivity contribution in [2.45, 2.75) is 6.18 Å². The molecular weight excluding hydrogens is 400 g/mol. The number of pyridine rings is 2. The molecule has 0 fully saturated rings. The van der Waals surface area contributed by atoms with Gasteiger partial charge in [-0.3, -0.25) is 0 Å². The van der Waals surface area contributed by atoms with Crippen molar-refractivity contribution >= 4 is 28.6 Å². The van der Waals surface area contributed by atoms with Crippen LogP contribution in [0.15, 0.2) is 48.8 Å². The lowest BCUT2D eigenvalue weighted by Crippen LogP contribution is -2.10. The summed E-state index contributed by atoms with van der Waals surface area (Å²) in [5.41, 5.74) is -0.669. The highest BCUT2D eigenvalue weighted by Gasteiger charge is 2.32. The van der Waals surface area contributed by atoms with Crippen LogP contribution in [0, 0.1) is 5.82 Å². The highest BCUT2D eigenvalue weighted by Crippen LogP contribution is 2.30. The lowest BCUT2D eigenvalue weighted by atomic mass is 10.3.